The summed E-state index contributed by atoms with van der Waals surface area (Å²) < 4.78 is 29.3. The molecule has 0 amide bonds. The zero-order valence-corrected chi connectivity index (χ0v) is 9.35. The third-order valence-corrected chi connectivity index (χ3v) is 3.11. The van der Waals surface area contributed by atoms with Crippen LogP contribution in [0.4, 0.5) is 0 Å². The van der Waals surface area contributed by atoms with Crippen LogP contribution in [0.2, 0.25) is 0 Å². The van der Waals surface area contributed by atoms with Gasteiger partial charge in [0.1, 0.15) is 11.6 Å². The SMILES string of the molecule is CC(C)(C)OC(=O)[C@@H]1CCS(=O)(=O)N1. The smallest absolute Gasteiger partial charge is 0.324 e. The Bertz CT molecular complexity index is 328. The predicted octanol–water partition coefficient (Wildman–Crippen LogP) is 0.0198. The summed E-state index contributed by atoms with van der Waals surface area (Å²) in [6.07, 6.45) is 0.289. The van der Waals surface area contributed by atoms with Gasteiger partial charge in [0, 0.05) is 0 Å². The summed E-state index contributed by atoms with van der Waals surface area (Å²) in [6.45, 7) is 5.23. The molecular weight excluding hydrogens is 206 g/mol. The third-order valence-electron chi connectivity index (χ3n) is 1.69. The molecular formula is C8H15NO4S. The fraction of sp³-hybridized carbons (Fsp3) is 0.875. The van der Waals surface area contributed by atoms with Gasteiger partial charge in [0.15, 0.2) is 0 Å². The van der Waals surface area contributed by atoms with Gasteiger partial charge in [-0.3, -0.25) is 4.79 Å². The van der Waals surface area contributed by atoms with Crippen molar-refractivity contribution in [3.8, 4) is 0 Å². The summed E-state index contributed by atoms with van der Waals surface area (Å²) in [5.41, 5.74) is -0.578. The standard InChI is InChI=1S/C8H15NO4S/c1-8(2,3)13-7(10)6-4-5-14(11,12)9-6/h6,9H,4-5H2,1-3H3/t6-/m0/s1. The molecule has 1 rings (SSSR count). The monoisotopic (exact) mass is 221 g/mol. The quantitative estimate of drug-likeness (QED) is 0.633. The Morgan fingerprint density at radius 2 is 2.00 bits per heavy atom. The minimum Gasteiger partial charge on any atom is -0.459 e. The molecule has 1 saturated heterocycles. The van der Waals surface area contributed by atoms with Crippen LogP contribution in [-0.2, 0) is 19.6 Å². The zero-order valence-electron chi connectivity index (χ0n) is 8.53. The molecule has 1 aliphatic heterocycles. The Morgan fingerprint density at radius 1 is 1.43 bits per heavy atom. The van der Waals surface area contributed by atoms with Crippen LogP contribution in [0.25, 0.3) is 0 Å². The summed E-state index contributed by atoms with van der Waals surface area (Å²) in [4.78, 5) is 11.4. The first kappa shape index (κ1) is 11.5. The van der Waals surface area contributed by atoms with Crippen molar-refractivity contribution in [1.82, 2.24) is 4.72 Å². The van der Waals surface area contributed by atoms with Crippen molar-refractivity contribution in [2.24, 2.45) is 0 Å². The molecule has 1 atom stereocenters. The van der Waals surface area contributed by atoms with Crippen molar-refractivity contribution >= 4 is 16.0 Å². The molecule has 0 aromatic rings. The molecule has 0 aromatic heterocycles. The van der Waals surface area contributed by atoms with Crippen molar-refractivity contribution < 1.29 is 17.9 Å². The Balaban J connectivity index is 2.57. The number of hydrogen-bond donors (Lipinski definition) is 1. The van der Waals surface area contributed by atoms with Crippen LogP contribution in [0.3, 0.4) is 0 Å². The molecule has 0 radical (unpaired) electrons. The molecule has 14 heavy (non-hydrogen) atoms. The molecule has 0 aliphatic carbocycles. The number of rotatable bonds is 1. The number of carbonyl (C=O) groups excluding carboxylic acids is 1. The molecule has 0 bridgehead atoms. The van der Waals surface area contributed by atoms with E-state index < -0.39 is 27.6 Å². The molecule has 0 saturated carbocycles. The molecule has 1 aliphatic rings. The van der Waals surface area contributed by atoms with Crippen molar-refractivity contribution in [1.29, 1.82) is 0 Å². The van der Waals surface area contributed by atoms with Crippen molar-refractivity contribution in [3.05, 3.63) is 0 Å². The molecule has 0 spiro atoms. The van der Waals surface area contributed by atoms with Crippen LogP contribution < -0.4 is 4.72 Å². The topological polar surface area (TPSA) is 72.5 Å². The van der Waals surface area contributed by atoms with E-state index in [9.17, 15) is 13.2 Å². The molecule has 6 heteroatoms. The summed E-state index contributed by atoms with van der Waals surface area (Å²) in [5, 5.41) is 0. The van der Waals surface area contributed by atoms with E-state index in [-0.39, 0.29) is 12.2 Å². The molecule has 82 valence electrons. The number of ether oxygens (including phenoxy) is 1. The van der Waals surface area contributed by atoms with Gasteiger partial charge >= 0.3 is 5.97 Å². The summed E-state index contributed by atoms with van der Waals surface area (Å²) in [5.74, 6) is -0.504. The number of nitrogens with one attached hydrogen (secondary N) is 1. The van der Waals surface area contributed by atoms with E-state index in [0.717, 1.165) is 0 Å². The van der Waals surface area contributed by atoms with E-state index in [2.05, 4.69) is 4.72 Å². The van der Waals surface area contributed by atoms with Gasteiger partial charge in [-0.05, 0) is 27.2 Å². The van der Waals surface area contributed by atoms with Gasteiger partial charge in [-0.25, -0.2) is 13.1 Å². The first-order valence-electron chi connectivity index (χ1n) is 4.42. The highest BCUT2D eigenvalue weighted by Gasteiger charge is 2.34. The second-order valence-corrected chi connectivity index (χ2v) is 6.18. The van der Waals surface area contributed by atoms with Crippen molar-refractivity contribution in [2.45, 2.75) is 38.8 Å². The minimum absolute atomic E-state index is 0.00307. The second kappa shape index (κ2) is 3.51. The van der Waals surface area contributed by atoms with Gasteiger partial charge in [-0.2, -0.15) is 0 Å². The van der Waals surface area contributed by atoms with E-state index in [1.807, 2.05) is 0 Å². The number of carbonyl (C=O) groups is 1. The Hall–Kier alpha value is -0.620. The highest BCUT2D eigenvalue weighted by Crippen LogP contribution is 2.14. The van der Waals surface area contributed by atoms with Crippen LogP contribution in [-0.4, -0.2) is 31.8 Å². The first-order valence-corrected chi connectivity index (χ1v) is 6.08. The molecule has 1 heterocycles. The summed E-state index contributed by atoms with van der Waals surface area (Å²) in [7, 11) is -3.25. The van der Waals surface area contributed by atoms with Gasteiger partial charge in [-0.15, -0.1) is 0 Å². The zero-order chi connectivity index (χ0) is 11.0. The largest absolute Gasteiger partial charge is 0.459 e. The van der Waals surface area contributed by atoms with E-state index in [0.29, 0.717) is 0 Å². The summed E-state index contributed by atoms with van der Waals surface area (Å²) >= 11 is 0. The van der Waals surface area contributed by atoms with Crippen molar-refractivity contribution in [2.75, 3.05) is 5.75 Å². The van der Waals surface area contributed by atoms with Crippen LogP contribution in [0.15, 0.2) is 0 Å². The molecule has 5 nitrogen and oxygen atoms in total. The van der Waals surface area contributed by atoms with Crippen LogP contribution >= 0.6 is 0 Å². The molecule has 0 aromatic carbocycles. The van der Waals surface area contributed by atoms with Gasteiger partial charge in [-0.1, -0.05) is 0 Å². The van der Waals surface area contributed by atoms with Crippen LogP contribution in [0, 0.1) is 0 Å². The Labute approximate surface area is 83.9 Å². The lowest BCUT2D eigenvalue weighted by molar-refractivity contribution is -0.156. The lowest BCUT2D eigenvalue weighted by Gasteiger charge is -2.21. The Morgan fingerprint density at radius 3 is 2.36 bits per heavy atom. The van der Waals surface area contributed by atoms with Crippen LogP contribution in [0.5, 0.6) is 0 Å². The van der Waals surface area contributed by atoms with E-state index in [1.54, 1.807) is 20.8 Å². The number of esters is 1. The van der Waals surface area contributed by atoms with Crippen molar-refractivity contribution in [3.63, 3.8) is 0 Å². The van der Waals surface area contributed by atoms with E-state index >= 15 is 0 Å². The predicted molar refractivity (Wildman–Crippen MR) is 51.2 cm³/mol. The fourth-order valence-electron chi connectivity index (χ4n) is 1.15. The lowest BCUT2D eigenvalue weighted by atomic mass is 10.2. The normalized spacial score (nSPS) is 26.1. The third kappa shape index (κ3) is 3.26. The molecule has 0 unspecified atom stereocenters. The van der Waals surface area contributed by atoms with Gasteiger partial charge in [0.25, 0.3) is 0 Å². The maximum atomic E-state index is 11.4. The van der Waals surface area contributed by atoms with Gasteiger partial charge in [0.2, 0.25) is 10.0 Å². The number of hydrogen-bond acceptors (Lipinski definition) is 4. The van der Waals surface area contributed by atoms with Gasteiger partial charge in [0.05, 0.1) is 5.75 Å². The Kier molecular flexibility index (Phi) is 2.87. The molecule has 1 N–H and O–H groups in total. The second-order valence-electron chi connectivity index (χ2n) is 4.31. The lowest BCUT2D eigenvalue weighted by Crippen LogP contribution is -2.38. The van der Waals surface area contributed by atoms with E-state index in [1.165, 1.54) is 0 Å². The maximum Gasteiger partial charge on any atom is 0.324 e. The maximum absolute atomic E-state index is 11.4. The first-order chi connectivity index (χ1) is 6.20. The summed E-state index contributed by atoms with van der Waals surface area (Å²) in [6, 6.07) is -0.709. The van der Waals surface area contributed by atoms with Gasteiger partial charge < -0.3 is 4.74 Å². The average molecular weight is 221 g/mol. The number of sulfonamides is 1. The highest BCUT2D eigenvalue weighted by atomic mass is 32.2. The fourth-order valence-corrected chi connectivity index (χ4v) is 2.46. The minimum atomic E-state index is -3.25. The average Bonchev–Trinajstić information content (AvgIpc) is 2.26. The highest BCUT2D eigenvalue weighted by molar-refractivity contribution is 7.89. The molecule has 1 fully saturated rings. The van der Waals surface area contributed by atoms with Crippen LogP contribution in [0.1, 0.15) is 27.2 Å². The van der Waals surface area contributed by atoms with E-state index in [4.69, 9.17) is 4.74 Å².